The molecule has 1 saturated heterocycles. The lowest BCUT2D eigenvalue weighted by Crippen LogP contribution is -2.37. The highest BCUT2D eigenvalue weighted by molar-refractivity contribution is 5.87. The molecule has 2 atom stereocenters. The number of ether oxygens (including phenoxy) is 2. The zero-order valence-electron chi connectivity index (χ0n) is 11.1. The van der Waals surface area contributed by atoms with Gasteiger partial charge in [0, 0.05) is 24.8 Å². The highest BCUT2D eigenvalue weighted by Crippen LogP contribution is 2.38. The van der Waals surface area contributed by atoms with Gasteiger partial charge in [0.1, 0.15) is 0 Å². The Morgan fingerprint density at radius 3 is 3.05 bits per heavy atom. The molecule has 19 heavy (non-hydrogen) atoms. The van der Waals surface area contributed by atoms with Crippen molar-refractivity contribution in [3.63, 3.8) is 0 Å². The van der Waals surface area contributed by atoms with E-state index in [9.17, 15) is 4.79 Å². The van der Waals surface area contributed by atoms with Crippen LogP contribution in [0.15, 0.2) is 16.7 Å². The smallest absolute Gasteiger partial charge is 0.374 e. The molecule has 2 aliphatic rings. The Balaban J connectivity index is 1.59. The number of rotatable bonds is 5. The van der Waals surface area contributed by atoms with Crippen LogP contribution in [0.5, 0.6) is 0 Å². The van der Waals surface area contributed by atoms with Crippen LogP contribution in [0.3, 0.4) is 0 Å². The number of nitrogens with one attached hydrogen (secondary N) is 1. The van der Waals surface area contributed by atoms with Gasteiger partial charge in [-0.25, -0.2) is 4.79 Å². The quantitative estimate of drug-likeness (QED) is 0.821. The number of carbonyl (C=O) groups excluding carboxylic acids is 1. The van der Waals surface area contributed by atoms with E-state index in [1.807, 2.05) is 0 Å². The summed E-state index contributed by atoms with van der Waals surface area (Å²) in [6, 6.07) is 2.19. The number of methoxy groups -OCH3 is 1. The molecule has 0 spiro atoms. The number of hydrogen-bond acceptors (Lipinski definition) is 5. The highest BCUT2D eigenvalue weighted by atomic mass is 16.5. The van der Waals surface area contributed by atoms with Gasteiger partial charge in [-0.15, -0.1) is 0 Å². The SMILES string of the molecule is COC(=O)c1occc1CNC1CCOC1C1CC1. The predicted octanol–water partition coefficient (Wildman–Crippen LogP) is 1.72. The molecule has 5 heteroatoms. The van der Waals surface area contributed by atoms with Crippen molar-refractivity contribution in [3.05, 3.63) is 23.7 Å². The van der Waals surface area contributed by atoms with E-state index in [4.69, 9.17) is 13.9 Å². The van der Waals surface area contributed by atoms with Crippen molar-refractivity contribution in [2.45, 2.75) is 38.0 Å². The molecule has 0 aromatic carbocycles. The topological polar surface area (TPSA) is 60.7 Å². The largest absolute Gasteiger partial charge is 0.463 e. The van der Waals surface area contributed by atoms with Crippen LogP contribution < -0.4 is 5.32 Å². The van der Waals surface area contributed by atoms with E-state index >= 15 is 0 Å². The summed E-state index contributed by atoms with van der Waals surface area (Å²) < 4.78 is 15.6. The third kappa shape index (κ3) is 2.67. The average molecular weight is 265 g/mol. The number of hydrogen-bond donors (Lipinski definition) is 1. The van der Waals surface area contributed by atoms with Crippen LogP contribution in [0.4, 0.5) is 0 Å². The molecule has 0 radical (unpaired) electrons. The molecule has 3 rings (SSSR count). The zero-order valence-corrected chi connectivity index (χ0v) is 11.1. The lowest BCUT2D eigenvalue weighted by Gasteiger charge is -2.19. The first-order chi connectivity index (χ1) is 9.29. The van der Waals surface area contributed by atoms with Gasteiger partial charge in [0.05, 0.1) is 19.5 Å². The molecule has 1 aromatic rings. The summed E-state index contributed by atoms with van der Waals surface area (Å²) in [5.74, 6) is 0.588. The van der Waals surface area contributed by atoms with Crippen molar-refractivity contribution in [2.24, 2.45) is 5.92 Å². The van der Waals surface area contributed by atoms with Gasteiger partial charge in [-0.3, -0.25) is 0 Å². The zero-order chi connectivity index (χ0) is 13.2. The second kappa shape index (κ2) is 5.35. The van der Waals surface area contributed by atoms with Crippen molar-refractivity contribution >= 4 is 5.97 Å². The van der Waals surface area contributed by atoms with Crippen LogP contribution in [-0.2, 0) is 16.0 Å². The lowest BCUT2D eigenvalue weighted by atomic mass is 10.1. The van der Waals surface area contributed by atoms with Crippen molar-refractivity contribution < 1.29 is 18.7 Å². The van der Waals surface area contributed by atoms with Gasteiger partial charge in [-0.1, -0.05) is 0 Å². The summed E-state index contributed by atoms with van der Waals surface area (Å²) in [7, 11) is 1.36. The van der Waals surface area contributed by atoms with Crippen LogP contribution >= 0.6 is 0 Å². The number of furan rings is 1. The van der Waals surface area contributed by atoms with E-state index < -0.39 is 5.97 Å². The van der Waals surface area contributed by atoms with E-state index in [-0.39, 0.29) is 5.76 Å². The minimum Gasteiger partial charge on any atom is -0.463 e. The van der Waals surface area contributed by atoms with Gasteiger partial charge in [0.2, 0.25) is 5.76 Å². The third-order valence-electron chi connectivity index (χ3n) is 3.89. The Morgan fingerprint density at radius 2 is 2.32 bits per heavy atom. The molecule has 2 fully saturated rings. The lowest BCUT2D eigenvalue weighted by molar-refractivity contribution is 0.0562. The second-order valence-electron chi connectivity index (χ2n) is 5.22. The Hall–Kier alpha value is -1.33. The Bertz CT molecular complexity index is 452. The summed E-state index contributed by atoms with van der Waals surface area (Å²) >= 11 is 0. The van der Waals surface area contributed by atoms with Crippen LogP contribution in [0, 0.1) is 5.92 Å². The first-order valence-corrected chi connectivity index (χ1v) is 6.79. The maximum absolute atomic E-state index is 11.5. The molecular weight excluding hydrogens is 246 g/mol. The number of esters is 1. The minimum absolute atomic E-state index is 0.289. The van der Waals surface area contributed by atoms with Gasteiger partial charge < -0.3 is 19.2 Å². The van der Waals surface area contributed by atoms with Gasteiger partial charge in [0.25, 0.3) is 0 Å². The maximum Gasteiger partial charge on any atom is 0.374 e. The van der Waals surface area contributed by atoms with E-state index in [0.717, 1.165) is 24.5 Å². The molecule has 2 heterocycles. The number of carbonyl (C=O) groups is 1. The van der Waals surface area contributed by atoms with Gasteiger partial charge >= 0.3 is 5.97 Å². The molecule has 5 nitrogen and oxygen atoms in total. The summed E-state index contributed by atoms with van der Waals surface area (Å²) in [5.41, 5.74) is 0.841. The molecule has 1 aromatic heterocycles. The van der Waals surface area contributed by atoms with Crippen LogP contribution in [0.1, 0.15) is 35.4 Å². The molecule has 1 aliphatic heterocycles. The van der Waals surface area contributed by atoms with Crippen molar-refractivity contribution in [2.75, 3.05) is 13.7 Å². The van der Waals surface area contributed by atoms with E-state index in [1.165, 1.54) is 26.2 Å². The van der Waals surface area contributed by atoms with E-state index in [2.05, 4.69) is 5.32 Å². The second-order valence-corrected chi connectivity index (χ2v) is 5.22. The fourth-order valence-electron chi connectivity index (χ4n) is 2.71. The fourth-order valence-corrected chi connectivity index (χ4v) is 2.71. The van der Waals surface area contributed by atoms with Gasteiger partial charge in [0.15, 0.2) is 0 Å². The molecule has 1 saturated carbocycles. The van der Waals surface area contributed by atoms with Crippen LogP contribution in [-0.4, -0.2) is 31.8 Å². The minimum atomic E-state index is -0.428. The van der Waals surface area contributed by atoms with E-state index in [1.54, 1.807) is 6.07 Å². The molecule has 0 amide bonds. The average Bonchev–Trinajstić information content (AvgIpc) is 2.99. The monoisotopic (exact) mass is 265 g/mol. The highest BCUT2D eigenvalue weighted by Gasteiger charge is 2.40. The van der Waals surface area contributed by atoms with Gasteiger partial charge in [-0.05, 0) is 31.2 Å². The van der Waals surface area contributed by atoms with Crippen LogP contribution in [0.2, 0.25) is 0 Å². The maximum atomic E-state index is 11.5. The van der Waals surface area contributed by atoms with Gasteiger partial charge in [-0.2, -0.15) is 0 Å². The normalized spacial score (nSPS) is 26.6. The first kappa shape index (κ1) is 12.7. The molecule has 0 bridgehead atoms. The Morgan fingerprint density at radius 1 is 1.47 bits per heavy atom. The Labute approximate surface area is 112 Å². The van der Waals surface area contributed by atoms with Crippen molar-refractivity contribution in [1.82, 2.24) is 5.32 Å². The van der Waals surface area contributed by atoms with Crippen molar-refractivity contribution in [1.29, 1.82) is 0 Å². The summed E-state index contributed by atoms with van der Waals surface area (Å²) in [4.78, 5) is 11.5. The Kier molecular flexibility index (Phi) is 3.57. The predicted molar refractivity (Wildman–Crippen MR) is 67.8 cm³/mol. The fraction of sp³-hybridized carbons (Fsp3) is 0.643. The van der Waals surface area contributed by atoms with E-state index in [0.29, 0.717) is 18.7 Å². The van der Waals surface area contributed by atoms with Crippen LogP contribution in [0.25, 0.3) is 0 Å². The molecular formula is C14H19NO4. The summed E-state index contributed by atoms with van der Waals surface area (Å²) in [6.45, 7) is 1.44. The van der Waals surface area contributed by atoms with Crippen molar-refractivity contribution in [3.8, 4) is 0 Å². The standard InChI is InChI=1S/C14H19NO4/c1-17-14(16)13-10(4-6-19-13)8-15-11-5-7-18-12(11)9-2-3-9/h4,6,9,11-12,15H,2-3,5,7-8H2,1H3. The molecule has 1 aliphatic carbocycles. The first-order valence-electron chi connectivity index (χ1n) is 6.79. The molecule has 104 valence electrons. The third-order valence-corrected chi connectivity index (χ3v) is 3.89. The molecule has 2 unspecified atom stereocenters. The summed E-state index contributed by atoms with van der Waals surface area (Å²) in [5, 5.41) is 3.48. The molecule has 1 N–H and O–H groups in total. The summed E-state index contributed by atoms with van der Waals surface area (Å²) in [6.07, 6.45) is 5.46.